The molecular formula is C18H25N3O5. The Hall–Kier alpha value is -2.38. The highest BCUT2D eigenvalue weighted by Gasteiger charge is 2.30. The number of carbonyl (C=O) groups is 3. The molecule has 0 radical (unpaired) electrons. The number of nitrogens with zero attached hydrogens (tertiary/aromatic N) is 3. The third-order valence-electron chi connectivity index (χ3n) is 5.32. The number of hydrogen-bond donors (Lipinski definition) is 1. The summed E-state index contributed by atoms with van der Waals surface area (Å²) in [5.41, 5.74) is 1.20. The van der Waals surface area contributed by atoms with Crippen molar-refractivity contribution in [3.63, 3.8) is 0 Å². The van der Waals surface area contributed by atoms with Crippen molar-refractivity contribution >= 4 is 17.8 Å². The number of aryl methyl sites for hydroxylation is 1. The van der Waals surface area contributed by atoms with E-state index in [2.05, 4.69) is 5.16 Å². The van der Waals surface area contributed by atoms with Gasteiger partial charge in [-0.05, 0) is 32.1 Å². The van der Waals surface area contributed by atoms with Crippen molar-refractivity contribution in [3.05, 3.63) is 17.0 Å². The van der Waals surface area contributed by atoms with Gasteiger partial charge >= 0.3 is 5.97 Å². The van der Waals surface area contributed by atoms with Crippen molar-refractivity contribution in [1.82, 2.24) is 15.0 Å². The van der Waals surface area contributed by atoms with E-state index in [1.165, 1.54) is 4.90 Å². The number of rotatable bonds is 4. The largest absolute Gasteiger partial charge is 0.481 e. The Morgan fingerprint density at radius 3 is 2.58 bits per heavy atom. The van der Waals surface area contributed by atoms with Crippen molar-refractivity contribution in [2.24, 2.45) is 5.92 Å². The second kappa shape index (κ2) is 7.88. The molecule has 0 spiro atoms. The minimum Gasteiger partial charge on any atom is -0.481 e. The van der Waals surface area contributed by atoms with Gasteiger partial charge in [0.05, 0.1) is 12.5 Å². The maximum Gasteiger partial charge on any atom is 0.306 e. The molecule has 3 rings (SSSR count). The molecule has 0 atom stereocenters. The normalized spacial score (nSPS) is 18.1. The van der Waals surface area contributed by atoms with Crippen molar-refractivity contribution in [2.75, 3.05) is 26.7 Å². The average molecular weight is 363 g/mol. The number of hydrogen-bond acceptors (Lipinski definition) is 5. The standard InChI is InChI=1S/C18H25N3O5/c1-20(11-15(22)21-9-7-12(8-10-21)18(24)25)17(23)16-13-5-3-2-4-6-14(13)26-19-16/h12H,2-11H2,1H3,(H,24,25). The van der Waals surface area contributed by atoms with Gasteiger partial charge in [0.15, 0.2) is 5.69 Å². The molecular weight excluding hydrogens is 338 g/mol. The van der Waals surface area contributed by atoms with Crippen LogP contribution in [0.25, 0.3) is 0 Å². The van der Waals surface area contributed by atoms with Crippen LogP contribution in [0, 0.1) is 5.92 Å². The summed E-state index contributed by atoms with van der Waals surface area (Å²) < 4.78 is 5.35. The molecule has 1 aliphatic carbocycles. The lowest BCUT2D eigenvalue weighted by molar-refractivity contribution is -0.145. The van der Waals surface area contributed by atoms with Crippen LogP contribution in [-0.4, -0.2) is 64.5 Å². The fraction of sp³-hybridized carbons (Fsp3) is 0.667. The van der Waals surface area contributed by atoms with E-state index < -0.39 is 5.97 Å². The minimum absolute atomic E-state index is 0.0434. The number of carboxylic acids is 1. The van der Waals surface area contributed by atoms with E-state index in [9.17, 15) is 14.4 Å². The quantitative estimate of drug-likeness (QED) is 0.810. The number of carboxylic acid groups (broad SMARTS) is 1. The SMILES string of the molecule is CN(CC(=O)N1CCC(C(=O)O)CC1)C(=O)c1noc2c1CCCCC2. The molecule has 0 bridgehead atoms. The Morgan fingerprint density at radius 2 is 1.88 bits per heavy atom. The van der Waals surface area contributed by atoms with Crippen LogP contribution in [0.5, 0.6) is 0 Å². The number of amides is 2. The van der Waals surface area contributed by atoms with Crippen LogP contribution in [-0.2, 0) is 22.4 Å². The van der Waals surface area contributed by atoms with Crippen LogP contribution in [0.1, 0.15) is 53.9 Å². The predicted octanol–water partition coefficient (Wildman–Crippen LogP) is 1.34. The summed E-state index contributed by atoms with van der Waals surface area (Å²) in [6.45, 7) is 0.784. The summed E-state index contributed by atoms with van der Waals surface area (Å²) in [7, 11) is 1.59. The van der Waals surface area contributed by atoms with Gasteiger partial charge in [-0.25, -0.2) is 0 Å². The summed E-state index contributed by atoms with van der Waals surface area (Å²) in [6, 6.07) is 0. The summed E-state index contributed by atoms with van der Waals surface area (Å²) in [5.74, 6) is -0.869. The molecule has 8 heteroatoms. The highest BCUT2D eigenvalue weighted by atomic mass is 16.5. The van der Waals surface area contributed by atoms with Crippen LogP contribution >= 0.6 is 0 Å². The van der Waals surface area contributed by atoms with E-state index in [1.807, 2.05) is 0 Å². The van der Waals surface area contributed by atoms with Crippen LogP contribution in [0.3, 0.4) is 0 Å². The maximum absolute atomic E-state index is 12.7. The van der Waals surface area contributed by atoms with E-state index >= 15 is 0 Å². The highest BCUT2D eigenvalue weighted by Crippen LogP contribution is 2.24. The number of fused-ring (bicyclic) bond motifs is 1. The number of carbonyl (C=O) groups excluding carboxylic acids is 2. The zero-order valence-electron chi connectivity index (χ0n) is 15.1. The van der Waals surface area contributed by atoms with Gasteiger partial charge in [0.1, 0.15) is 5.76 Å². The molecule has 1 aromatic heterocycles. The Morgan fingerprint density at radius 1 is 1.19 bits per heavy atom. The predicted molar refractivity (Wildman–Crippen MR) is 91.7 cm³/mol. The molecule has 0 saturated carbocycles. The number of piperidine rings is 1. The highest BCUT2D eigenvalue weighted by molar-refractivity contribution is 5.96. The topological polar surface area (TPSA) is 104 Å². The zero-order chi connectivity index (χ0) is 18.7. The Kier molecular flexibility index (Phi) is 5.58. The Labute approximate surface area is 152 Å². The second-order valence-corrected chi connectivity index (χ2v) is 7.15. The van der Waals surface area contributed by atoms with Crippen molar-refractivity contribution in [1.29, 1.82) is 0 Å². The molecule has 1 N–H and O–H groups in total. The molecule has 0 unspecified atom stereocenters. The van der Waals surface area contributed by atoms with Crippen LogP contribution in [0.15, 0.2) is 4.52 Å². The van der Waals surface area contributed by atoms with E-state index in [0.29, 0.717) is 31.6 Å². The van der Waals surface area contributed by atoms with Crippen LogP contribution in [0.4, 0.5) is 0 Å². The fourth-order valence-electron chi connectivity index (χ4n) is 3.66. The lowest BCUT2D eigenvalue weighted by atomic mass is 9.97. The Bertz CT molecular complexity index is 691. The summed E-state index contributed by atoms with van der Waals surface area (Å²) in [4.78, 5) is 39.1. The molecule has 1 aromatic rings. The summed E-state index contributed by atoms with van der Waals surface area (Å²) in [5, 5.41) is 13.0. The van der Waals surface area contributed by atoms with Crippen molar-refractivity contribution in [3.8, 4) is 0 Å². The van der Waals surface area contributed by atoms with Crippen molar-refractivity contribution in [2.45, 2.75) is 44.9 Å². The van der Waals surface area contributed by atoms with Gasteiger partial charge in [-0.3, -0.25) is 14.4 Å². The first-order valence-corrected chi connectivity index (χ1v) is 9.21. The van der Waals surface area contributed by atoms with Gasteiger partial charge in [-0.1, -0.05) is 11.6 Å². The van der Waals surface area contributed by atoms with E-state index in [4.69, 9.17) is 9.63 Å². The van der Waals surface area contributed by atoms with E-state index in [-0.39, 0.29) is 24.3 Å². The van der Waals surface area contributed by atoms with Crippen LogP contribution < -0.4 is 0 Å². The number of aromatic nitrogens is 1. The smallest absolute Gasteiger partial charge is 0.306 e. The first-order valence-electron chi connectivity index (χ1n) is 9.21. The third-order valence-corrected chi connectivity index (χ3v) is 5.32. The van der Waals surface area contributed by atoms with Crippen LogP contribution in [0.2, 0.25) is 0 Å². The second-order valence-electron chi connectivity index (χ2n) is 7.15. The molecule has 2 heterocycles. The lowest BCUT2D eigenvalue weighted by Gasteiger charge is -2.31. The third kappa shape index (κ3) is 3.89. The van der Waals surface area contributed by atoms with Gasteiger partial charge < -0.3 is 19.4 Å². The van der Waals surface area contributed by atoms with E-state index in [1.54, 1.807) is 11.9 Å². The molecule has 142 valence electrons. The first-order chi connectivity index (χ1) is 12.5. The number of aliphatic carboxylic acids is 1. The molecule has 2 amide bonds. The van der Waals surface area contributed by atoms with Gasteiger partial charge in [-0.2, -0.15) is 0 Å². The Balaban J connectivity index is 1.59. The summed E-state index contributed by atoms with van der Waals surface area (Å²) >= 11 is 0. The minimum atomic E-state index is -0.809. The zero-order valence-corrected chi connectivity index (χ0v) is 15.1. The maximum atomic E-state index is 12.7. The first kappa shape index (κ1) is 18.4. The molecule has 8 nitrogen and oxygen atoms in total. The average Bonchev–Trinajstić information content (AvgIpc) is 2.89. The van der Waals surface area contributed by atoms with Crippen molar-refractivity contribution < 1.29 is 24.0 Å². The fourth-order valence-corrected chi connectivity index (χ4v) is 3.66. The lowest BCUT2D eigenvalue weighted by Crippen LogP contribution is -2.45. The van der Waals surface area contributed by atoms with Gasteiger partial charge in [0.2, 0.25) is 5.91 Å². The van der Waals surface area contributed by atoms with Gasteiger partial charge in [0, 0.05) is 32.1 Å². The monoisotopic (exact) mass is 363 g/mol. The molecule has 1 aliphatic heterocycles. The number of likely N-dealkylation sites (tertiary alicyclic amines) is 1. The summed E-state index contributed by atoms with van der Waals surface area (Å²) in [6.07, 6.45) is 5.65. The molecule has 0 aromatic carbocycles. The molecule has 2 aliphatic rings. The molecule has 26 heavy (non-hydrogen) atoms. The van der Waals surface area contributed by atoms with Gasteiger partial charge in [-0.15, -0.1) is 0 Å². The molecule has 1 fully saturated rings. The van der Waals surface area contributed by atoms with Gasteiger partial charge in [0.25, 0.3) is 5.91 Å². The number of likely N-dealkylation sites (N-methyl/N-ethyl adjacent to an activating group) is 1. The molecule has 1 saturated heterocycles. The van der Waals surface area contributed by atoms with E-state index in [0.717, 1.165) is 43.4 Å².